The summed E-state index contributed by atoms with van der Waals surface area (Å²) < 4.78 is 12.0. The second-order valence-corrected chi connectivity index (χ2v) is 16.2. The highest BCUT2D eigenvalue weighted by atomic mass is 28.3. The highest BCUT2D eigenvalue weighted by molar-refractivity contribution is 7.03. The number of carbonyl (C=O) groups excluding carboxylic acids is 1. The number of carboxylic acids is 1. The van der Waals surface area contributed by atoms with Gasteiger partial charge in [0, 0.05) is 54.2 Å². The number of nitrogens with zero attached hydrogens (tertiary/aromatic N) is 2. The Labute approximate surface area is 255 Å². The lowest BCUT2D eigenvalue weighted by Gasteiger charge is -2.48. The van der Waals surface area contributed by atoms with Gasteiger partial charge in [-0.2, -0.15) is 0 Å². The zero-order chi connectivity index (χ0) is 30.5. The van der Waals surface area contributed by atoms with E-state index in [9.17, 15) is 14.7 Å². The summed E-state index contributed by atoms with van der Waals surface area (Å²) in [4.78, 5) is 31.0. The third-order valence-corrected chi connectivity index (χ3v) is 15.5. The van der Waals surface area contributed by atoms with E-state index in [0.717, 1.165) is 49.4 Å². The van der Waals surface area contributed by atoms with Gasteiger partial charge in [-0.1, -0.05) is 31.4 Å². The Bertz CT molecular complexity index is 1520. The average Bonchev–Trinajstić information content (AvgIpc) is 3.32. The molecule has 0 unspecified atom stereocenters. The molecule has 3 heterocycles. The van der Waals surface area contributed by atoms with Crippen LogP contribution in [0, 0.1) is 0 Å². The maximum atomic E-state index is 13.8. The van der Waals surface area contributed by atoms with Crippen LogP contribution in [0.5, 0.6) is 5.75 Å². The number of aromatic carboxylic acids is 1. The summed E-state index contributed by atoms with van der Waals surface area (Å²) in [5.41, 5.74) is 4.10. The first kappa shape index (κ1) is 29.3. The number of benzene rings is 3. The van der Waals surface area contributed by atoms with Crippen LogP contribution in [-0.2, 0) is 10.3 Å². The first-order chi connectivity index (χ1) is 20.8. The molecule has 6 rings (SSSR count). The maximum Gasteiger partial charge on any atom is 0.340 e. The number of rotatable bonds is 8. The SMILES string of the molecule is CCN(CC)c1ccc2c(c1)[Si]1(CCCCC1)c1cc(N(CC)CC)ccc1C21OC(=O)c2cc(OC)c(C(=O)O)cc21. The van der Waals surface area contributed by atoms with Gasteiger partial charge in [0.15, 0.2) is 5.60 Å². The number of ether oxygens (including phenoxy) is 2. The molecule has 226 valence electrons. The molecule has 7 nitrogen and oxygen atoms in total. The molecule has 43 heavy (non-hydrogen) atoms. The predicted molar refractivity (Wildman–Crippen MR) is 174 cm³/mol. The topological polar surface area (TPSA) is 79.3 Å². The van der Waals surface area contributed by atoms with Crippen molar-refractivity contribution in [2.45, 2.75) is 64.6 Å². The lowest BCUT2D eigenvalue weighted by atomic mass is 9.78. The molecular formula is C35H42N2O5Si. The molecule has 0 atom stereocenters. The normalized spacial score (nSPS) is 17.2. The molecule has 1 saturated heterocycles. The van der Waals surface area contributed by atoms with Gasteiger partial charge in [0.2, 0.25) is 0 Å². The zero-order valence-corrected chi connectivity index (χ0v) is 27.0. The summed E-state index contributed by atoms with van der Waals surface area (Å²) in [5, 5.41) is 12.8. The average molecular weight is 599 g/mol. The highest BCUT2D eigenvalue weighted by Crippen LogP contribution is 2.52. The van der Waals surface area contributed by atoms with Gasteiger partial charge in [-0.15, -0.1) is 0 Å². The van der Waals surface area contributed by atoms with Crippen molar-refractivity contribution in [1.29, 1.82) is 0 Å². The Kier molecular flexibility index (Phi) is 7.53. The molecule has 0 aliphatic carbocycles. The fraction of sp³-hybridized carbons (Fsp3) is 0.429. The summed E-state index contributed by atoms with van der Waals surface area (Å²) in [6.45, 7) is 12.3. The Hall–Kier alpha value is -3.78. The second kappa shape index (κ2) is 11.0. The molecule has 0 amide bonds. The van der Waals surface area contributed by atoms with Gasteiger partial charge < -0.3 is 24.4 Å². The van der Waals surface area contributed by atoms with Crippen LogP contribution in [0.25, 0.3) is 0 Å². The van der Waals surface area contributed by atoms with Crippen molar-refractivity contribution in [2.75, 3.05) is 43.1 Å². The zero-order valence-electron chi connectivity index (χ0n) is 26.0. The quantitative estimate of drug-likeness (QED) is 0.267. The van der Waals surface area contributed by atoms with Gasteiger partial charge >= 0.3 is 11.9 Å². The van der Waals surface area contributed by atoms with Gasteiger partial charge in [0.1, 0.15) is 19.4 Å². The molecule has 0 bridgehead atoms. The van der Waals surface area contributed by atoms with Gasteiger partial charge in [-0.25, -0.2) is 9.59 Å². The van der Waals surface area contributed by atoms with Crippen LogP contribution in [0.1, 0.15) is 84.4 Å². The van der Waals surface area contributed by atoms with E-state index in [2.05, 4.69) is 73.9 Å². The van der Waals surface area contributed by atoms with E-state index in [1.807, 2.05) is 0 Å². The lowest BCUT2D eigenvalue weighted by molar-refractivity contribution is 0.0255. The minimum atomic E-state index is -2.29. The van der Waals surface area contributed by atoms with Crippen molar-refractivity contribution in [1.82, 2.24) is 0 Å². The third kappa shape index (κ3) is 4.20. The van der Waals surface area contributed by atoms with Crippen LogP contribution < -0.4 is 24.9 Å². The standard InChI is InChI=1S/C35H42N2O5Si/c1-6-36(7-2)23-13-15-27-31(19-23)43(17-11-10-12-18-43)32-20-24(37(8-3)9-4)14-16-28(32)35(27)29-21-26(33(38)39)30(41-5)22-25(29)34(40)42-35/h13-16,19-22H,6-12,17-18H2,1-5H3,(H,38,39). The van der Waals surface area contributed by atoms with Gasteiger partial charge in [-0.05, 0) is 86.6 Å². The van der Waals surface area contributed by atoms with E-state index in [0.29, 0.717) is 11.1 Å². The van der Waals surface area contributed by atoms with E-state index < -0.39 is 25.6 Å². The van der Waals surface area contributed by atoms with Gasteiger partial charge in [-0.3, -0.25) is 0 Å². The molecule has 3 aliphatic rings. The molecule has 0 saturated carbocycles. The number of carbonyl (C=O) groups is 2. The molecule has 0 radical (unpaired) electrons. The Morgan fingerprint density at radius 2 is 1.37 bits per heavy atom. The number of hydrogen-bond donors (Lipinski definition) is 1. The third-order valence-electron chi connectivity index (χ3n) is 10.2. The summed E-state index contributed by atoms with van der Waals surface area (Å²) in [5.74, 6) is -1.40. The second-order valence-electron chi connectivity index (χ2n) is 11.9. The van der Waals surface area contributed by atoms with E-state index >= 15 is 0 Å². The first-order valence-electron chi connectivity index (χ1n) is 15.8. The largest absolute Gasteiger partial charge is 0.496 e. The van der Waals surface area contributed by atoms with Crippen LogP contribution in [0.15, 0.2) is 48.5 Å². The van der Waals surface area contributed by atoms with Crippen LogP contribution in [0.3, 0.4) is 0 Å². The smallest absolute Gasteiger partial charge is 0.340 e. The fourth-order valence-corrected chi connectivity index (χ4v) is 13.8. The molecule has 3 aliphatic heterocycles. The summed E-state index contributed by atoms with van der Waals surface area (Å²) in [7, 11) is -0.864. The minimum Gasteiger partial charge on any atom is -0.496 e. The van der Waals surface area contributed by atoms with Crippen molar-refractivity contribution in [3.8, 4) is 5.75 Å². The van der Waals surface area contributed by atoms with Crippen molar-refractivity contribution >= 4 is 41.8 Å². The molecular weight excluding hydrogens is 556 g/mol. The Morgan fingerprint density at radius 3 is 1.84 bits per heavy atom. The Balaban J connectivity index is 1.74. The number of anilines is 2. The van der Waals surface area contributed by atoms with E-state index in [4.69, 9.17) is 9.47 Å². The maximum absolute atomic E-state index is 13.8. The molecule has 1 N–H and O–H groups in total. The van der Waals surface area contributed by atoms with Gasteiger partial charge in [0.05, 0.1) is 12.7 Å². The van der Waals surface area contributed by atoms with Crippen LogP contribution in [0.4, 0.5) is 11.4 Å². The van der Waals surface area contributed by atoms with E-state index in [1.165, 1.54) is 48.1 Å². The summed E-state index contributed by atoms with van der Waals surface area (Å²) in [6.07, 6.45) is 3.59. The lowest BCUT2D eigenvalue weighted by Crippen LogP contribution is -2.67. The molecule has 8 heteroatoms. The predicted octanol–water partition coefficient (Wildman–Crippen LogP) is 5.61. The van der Waals surface area contributed by atoms with Crippen molar-refractivity contribution in [2.24, 2.45) is 0 Å². The molecule has 1 fully saturated rings. The molecule has 3 aromatic rings. The number of esters is 1. The van der Waals surface area contributed by atoms with Crippen molar-refractivity contribution in [3.05, 3.63) is 76.3 Å². The molecule has 2 spiro atoms. The fourth-order valence-electron chi connectivity index (χ4n) is 8.05. The van der Waals surface area contributed by atoms with Crippen LogP contribution >= 0.6 is 0 Å². The van der Waals surface area contributed by atoms with Crippen LogP contribution in [0.2, 0.25) is 12.1 Å². The number of methoxy groups -OCH3 is 1. The minimum absolute atomic E-state index is 0.0248. The summed E-state index contributed by atoms with van der Waals surface area (Å²) >= 11 is 0. The number of hydrogen-bond acceptors (Lipinski definition) is 6. The molecule has 0 aromatic heterocycles. The molecule has 3 aromatic carbocycles. The van der Waals surface area contributed by atoms with Crippen molar-refractivity contribution in [3.63, 3.8) is 0 Å². The van der Waals surface area contributed by atoms with Gasteiger partial charge in [0.25, 0.3) is 0 Å². The van der Waals surface area contributed by atoms with E-state index in [-0.39, 0.29) is 11.3 Å². The monoisotopic (exact) mass is 598 g/mol. The highest BCUT2D eigenvalue weighted by Gasteiger charge is 2.59. The van der Waals surface area contributed by atoms with Crippen LogP contribution in [-0.4, -0.2) is 58.4 Å². The van der Waals surface area contributed by atoms with E-state index in [1.54, 1.807) is 12.1 Å². The number of carboxylic acid groups (broad SMARTS) is 1. The Morgan fingerprint density at radius 1 is 0.837 bits per heavy atom. The number of fused-ring (bicyclic) bond motifs is 8. The van der Waals surface area contributed by atoms with Crippen molar-refractivity contribution < 1.29 is 24.2 Å². The first-order valence-corrected chi connectivity index (χ1v) is 18.2. The summed E-state index contributed by atoms with van der Waals surface area (Å²) in [6, 6.07) is 18.9.